The van der Waals surface area contributed by atoms with Crippen molar-refractivity contribution in [3.05, 3.63) is 35.7 Å². The minimum Gasteiger partial charge on any atom is -0.308 e. The topological polar surface area (TPSA) is 77.7 Å². The Bertz CT molecular complexity index is 1120. The summed E-state index contributed by atoms with van der Waals surface area (Å²) < 4.78 is 65.9. The van der Waals surface area contributed by atoms with Gasteiger partial charge in [0.2, 0.25) is 0 Å². The van der Waals surface area contributed by atoms with Crippen LogP contribution in [0.4, 0.5) is 13.2 Å². The maximum absolute atomic E-state index is 13.1. The normalized spacial score (nSPS) is 12.7. The van der Waals surface area contributed by atoms with Crippen molar-refractivity contribution >= 4 is 21.0 Å². The average molecular weight is 398 g/mol. The van der Waals surface area contributed by atoms with Gasteiger partial charge in [-0.05, 0) is 31.5 Å². The van der Waals surface area contributed by atoms with Gasteiger partial charge in [0.15, 0.2) is 21.3 Å². The van der Waals surface area contributed by atoms with Crippen LogP contribution < -0.4 is 0 Å². The summed E-state index contributed by atoms with van der Waals surface area (Å²) in [6.07, 6.45) is -2.43. The number of halogens is 3. The Hall–Kier alpha value is -2.49. The summed E-state index contributed by atoms with van der Waals surface area (Å²) in [7, 11) is -3.97. The Morgan fingerprint density at radius 2 is 1.81 bits per heavy atom. The van der Waals surface area contributed by atoms with Crippen LogP contribution in [0.15, 0.2) is 29.4 Å². The van der Waals surface area contributed by atoms with E-state index in [9.17, 15) is 21.6 Å². The fourth-order valence-corrected chi connectivity index (χ4v) is 3.81. The summed E-state index contributed by atoms with van der Waals surface area (Å²) in [5, 5.41) is 0. The summed E-state index contributed by atoms with van der Waals surface area (Å²) in [5.41, 5.74) is 0.665. The number of imidazole rings is 1. The molecule has 0 fully saturated rings. The molecule has 0 N–H and O–H groups in total. The molecule has 3 rings (SSSR count). The summed E-state index contributed by atoms with van der Waals surface area (Å²) in [6.45, 7) is 5.41. The molecule has 144 valence electrons. The van der Waals surface area contributed by atoms with Gasteiger partial charge >= 0.3 is 6.18 Å². The van der Waals surface area contributed by atoms with Crippen LogP contribution in [0, 0.1) is 6.92 Å². The van der Waals surface area contributed by atoms with Crippen molar-refractivity contribution in [3.8, 4) is 11.5 Å². The molecule has 0 unspecified atom stereocenters. The van der Waals surface area contributed by atoms with Crippen LogP contribution in [0.5, 0.6) is 0 Å². The van der Waals surface area contributed by atoms with E-state index in [1.54, 1.807) is 16.8 Å². The minimum absolute atomic E-state index is 0.109. The Morgan fingerprint density at radius 3 is 2.41 bits per heavy atom. The van der Waals surface area contributed by atoms with Crippen molar-refractivity contribution in [2.24, 2.45) is 0 Å². The van der Waals surface area contributed by atoms with Crippen LogP contribution in [-0.2, 0) is 22.6 Å². The third-order valence-corrected chi connectivity index (χ3v) is 5.89. The molecule has 3 aromatic heterocycles. The minimum atomic E-state index is -4.70. The second kappa shape index (κ2) is 6.59. The number of sulfone groups is 1. The van der Waals surface area contributed by atoms with Gasteiger partial charge in [-0.25, -0.2) is 18.4 Å². The molecule has 0 aliphatic rings. The lowest BCUT2D eigenvalue weighted by molar-refractivity contribution is -0.138. The molecule has 0 atom stereocenters. The van der Waals surface area contributed by atoms with Crippen molar-refractivity contribution in [2.75, 3.05) is 5.75 Å². The Morgan fingerprint density at radius 1 is 1.11 bits per heavy atom. The van der Waals surface area contributed by atoms with Crippen molar-refractivity contribution in [3.63, 3.8) is 0 Å². The summed E-state index contributed by atoms with van der Waals surface area (Å²) in [6, 6.07) is 2.40. The highest BCUT2D eigenvalue weighted by Crippen LogP contribution is 2.34. The second-order valence-electron chi connectivity index (χ2n) is 6.01. The number of hydrogen-bond donors (Lipinski definition) is 0. The van der Waals surface area contributed by atoms with E-state index in [0.717, 1.165) is 5.56 Å². The molecule has 3 heterocycles. The lowest BCUT2D eigenvalue weighted by Gasteiger charge is -2.13. The quantitative estimate of drug-likeness (QED) is 0.671. The fourth-order valence-electron chi connectivity index (χ4n) is 2.75. The van der Waals surface area contributed by atoms with E-state index in [1.165, 1.54) is 6.92 Å². The van der Waals surface area contributed by atoms with Gasteiger partial charge in [0.05, 0.1) is 16.2 Å². The molecule has 0 bridgehead atoms. The van der Waals surface area contributed by atoms with Crippen LogP contribution in [0.2, 0.25) is 0 Å². The molecular formula is C17H17F3N4O2S. The van der Waals surface area contributed by atoms with Crippen LogP contribution in [-0.4, -0.2) is 33.7 Å². The van der Waals surface area contributed by atoms with E-state index in [0.29, 0.717) is 30.0 Å². The SMILES string of the molecule is CCn1c(-c2ncc(C(F)(F)F)cc2S(=O)(=O)CC)nc2cc(C)cnc21. The van der Waals surface area contributed by atoms with Gasteiger partial charge in [-0.1, -0.05) is 6.92 Å². The maximum atomic E-state index is 13.1. The molecule has 10 heteroatoms. The molecule has 0 aromatic carbocycles. The lowest BCUT2D eigenvalue weighted by atomic mass is 10.2. The van der Waals surface area contributed by atoms with Gasteiger partial charge in [-0.15, -0.1) is 0 Å². The van der Waals surface area contributed by atoms with E-state index in [1.807, 2.05) is 13.8 Å². The maximum Gasteiger partial charge on any atom is 0.417 e. The molecular weight excluding hydrogens is 381 g/mol. The van der Waals surface area contributed by atoms with Crippen LogP contribution >= 0.6 is 0 Å². The highest BCUT2D eigenvalue weighted by atomic mass is 32.2. The first-order valence-electron chi connectivity index (χ1n) is 8.21. The number of alkyl halides is 3. The Labute approximate surface area is 154 Å². The Balaban J connectivity index is 2.36. The van der Waals surface area contributed by atoms with Crippen LogP contribution in [0.25, 0.3) is 22.7 Å². The lowest BCUT2D eigenvalue weighted by Crippen LogP contribution is -2.13. The van der Waals surface area contributed by atoms with Gasteiger partial charge in [0, 0.05) is 18.9 Å². The van der Waals surface area contributed by atoms with Gasteiger partial charge in [0.1, 0.15) is 11.2 Å². The fraction of sp³-hybridized carbons (Fsp3) is 0.353. The van der Waals surface area contributed by atoms with E-state index in [2.05, 4.69) is 15.0 Å². The largest absolute Gasteiger partial charge is 0.417 e. The predicted molar refractivity (Wildman–Crippen MR) is 93.9 cm³/mol. The monoisotopic (exact) mass is 398 g/mol. The standard InChI is InChI=1S/C17H17F3N4O2S/c1-4-24-15-12(6-10(3)8-22-15)23-16(24)14-13(27(25,26)5-2)7-11(9-21-14)17(18,19)20/h6-9H,4-5H2,1-3H3. The second-order valence-corrected chi connectivity index (χ2v) is 8.25. The number of pyridine rings is 2. The zero-order valence-corrected chi connectivity index (χ0v) is 15.7. The van der Waals surface area contributed by atoms with Gasteiger partial charge < -0.3 is 4.57 Å². The number of aromatic nitrogens is 4. The highest BCUT2D eigenvalue weighted by molar-refractivity contribution is 7.91. The first-order valence-corrected chi connectivity index (χ1v) is 9.87. The molecule has 0 aliphatic carbocycles. The third-order valence-electron chi connectivity index (χ3n) is 4.14. The van der Waals surface area contributed by atoms with E-state index in [4.69, 9.17) is 0 Å². The zero-order chi connectivity index (χ0) is 20.0. The summed E-state index contributed by atoms with van der Waals surface area (Å²) >= 11 is 0. The number of fused-ring (bicyclic) bond motifs is 1. The van der Waals surface area contributed by atoms with E-state index >= 15 is 0 Å². The van der Waals surface area contributed by atoms with E-state index < -0.39 is 26.5 Å². The number of rotatable bonds is 4. The molecule has 0 spiro atoms. The zero-order valence-electron chi connectivity index (χ0n) is 14.9. The van der Waals surface area contributed by atoms with Crippen molar-refractivity contribution < 1.29 is 21.6 Å². The molecule has 0 amide bonds. The third kappa shape index (κ3) is 3.41. The Kier molecular flexibility index (Phi) is 4.71. The average Bonchev–Trinajstić information content (AvgIpc) is 2.97. The summed E-state index contributed by atoms with van der Waals surface area (Å²) in [5.74, 6) is -0.182. The van der Waals surface area contributed by atoms with Gasteiger partial charge in [-0.3, -0.25) is 4.98 Å². The number of aryl methyl sites for hydroxylation is 2. The predicted octanol–water partition coefficient (Wildman–Crippen LogP) is 3.63. The molecule has 0 aliphatic heterocycles. The molecule has 0 saturated carbocycles. The van der Waals surface area contributed by atoms with E-state index in [-0.39, 0.29) is 17.3 Å². The molecule has 0 radical (unpaired) electrons. The molecule has 27 heavy (non-hydrogen) atoms. The smallest absolute Gasteiger partial charge is 0.308 e. The van der Waals surface area contributed by atoms with Gasteiger partial charge in [0.25, 0.3) is 0 Å². The molecule has 6 nitrogen and oxygen atoms in total. The number of nitrogens with zero attached hydrogens (tertiary/aromatic N) is 4. The van der Waals surface area contributed by atoms with Crippen molar-refractivity contribution in [2.45, 2.75) is 38.4 Å². The first-order chi connectivity index (χ1) is 12.6. The van der Waals surface area contributed by atoms with Gasteiger partial charge in [-0.2, -0.15) is 13.2 Å². The molecule has 3 aromatic rings. The van der Waals surface area contributed by atoms with Crippen LogP contribution in [0.3, 0.4) is 0 Å². The molecule has 0 saturated heterocycles. The first kappa shape index (κ1) is 19.3. The van der Waals surface area contributed by atoms with Crippen molar-refractivity contribution in [1.82, 2.24) is 19.5 Å². The van der Waals surface area contributed by atoms with Crippen LogP contribution in [0.1, 0.15) is 25.0 Å². The van der Waals surface area contributed by atoms with Crippen molar-refractivity contribution in [1.29, 1.82) is 0 Å². The number of hydrogen-bond acceptors (Lipinski definition) is 5. The summed E-state index contributed by atoms with van der Waals surface area (Å²) in [4.78, 5) is 12.1. The highest BCUT2D eigenvalue weighted by Gasteiger charge is 2.34.